The van der Waals surface area contributed by atoms with Gasteiger partial charge in [0.2, 0.25) is 17.5 Å². The zero-order valence-electron chi connectivity index (χ0n) is 28.6. The topological polar surface area (TPSA) is 164 Å². The van der Waals surface area contributed by atoms with Gasteiger partial charge in [-0.25, -0.2) is 9.59 Å². The van der Waals surface area contributed by atoms with Crippen LogP contribution in [0.3, 0.4) is 0 Å². The Bertz CT molecular complexity index is 1640. The second-order valence-electron chi connectivity index (χ2n) is 12.6. The zero-order chi connectivity index (χ0) is 35.6. The van der Waals surface area contributed by atoms with Crippen LogP contribution in [-0.2, 0) is 30.5 Å². The molecule has 1 unspecified atom stereocenters. The third-order valence-electron chi connectivity index (χ3n) is 8.17. The minimum Gasteiger partial charge on any atom is -0.462 e. The number of rotatable bonds is 15. The molecule has 0 radical (unpaired) electrons. The van der Waals surface area contributed by atoms with Gasteiger partial charge in [-0.2, -0.15) is 0 Å². The van der Waals surface area contributed by atoms with Crippen LogP contribution in [0, 0.1) is 5.92 Å². The predicted molar refractivity (Wildman–Crippen MR) is 186 cm³/mol. The summed E-state index contributed by atoms with van der Waals surface area (Å²) in [4.78, 5) is 56.6. The average molecular weight is 674 g/mol. The third kappa shape index (κ3) is 9.80. The molecule has 1 heterocycles. The van der Waals surface area contributed by atoms with Gasteiger partial charge in [-0.15, -0.1) is 0 Å². The Morgan fingerprint density at radius 3 is 2.35 bits per heavy atom. The lowest BCUT2D eigenvalue weighted by atomic mass is 9.99. The Hall–Kier alpha value is -4.94. The molecule has 12 heteroatoms. The number of aliphatic hydroxyl groups is 1. The molecule has 262 valence electrons. The van der Waals surface area contributed by atoms with E-state index in [-0.39, 0.29) is 38.6 Å². The van der Waals surface area contributed by atoms with Gasteiger partial charge in [0.15, 0.2) is 0 Å². The van der Waals surface area contributed by atoms with Gasteiger partial charge in [-0.1, -0.05) is 87.0 Å². The minimum absolute atomic E-state index is 0.00894. The minimum atomic E-state index is -2.34. The summed E-state index contributed by atoms with van der Waals surface area (Å²) in [6.45, 7) is 7.27. The monoisotopic (exact) mass is 673 g/mol. The van der Waals surface area contributed by atoms with Crippen molar-refractivity contribution in [3.05, 3.63) is 90.3 Å². The van der Waals surface area contributed by atoms with Gasteiger partial charge in [0.1, 0.15) is 19.3 Å². The molecule has 3 aromatic rings. The molecular formula is C37H47N5O7. The van der Waals surface area contributed by atoms with E-state index in [4.69, 9.17) is 15.2 Å². The molecule has 0 spiro atoms. The van der Waals surface area contributed by atoms with Gasteiger partial charge in [0.25, 0.3) is 0 Å². The van der Waals surface area contributed by atoms with Crippen molar-refractivity contribution in [2.24, 2.45) is 11.7 Å². The molecule has 0 saturated carbocycles. The molecule has 0 fully saturated rings. The first-order valence-corrected chi connectivity index (χ1v) is 16.6. The fraction of sp³-hybridized carbons (Fsp3) is 0.405. The summed E-state index contributed by atoms with van der Waals surface area (Å²) in [5.41, 5.74) is 5.64. The van der Waals surface area contributed by atoms with E-state index in [0.29, 0.717) is 24.5 Å². The van der Waals surface area contributed by atoms with Crippen LogP contribution in [0.5, 0.6) is 0 Å². The molecule has 0 bridgehead atoms. The number of carbonyl (C=O) groups excluding carboxylic acids is 4. The van der Waals surface area contributed by atoms with Crippen molar-refractivity contribution in [3.8, 4) is 0 Å². The first kappa shape index (κ1) is 36.9. The molecule has 3 aromatic carbocycles. The zero-order valence-corrected chi connectivity index (χ0v) is 28.6. The Morgan fingerprint density at radius 1 is 0.959 bits per heavy atom. The van der Waals surface area contributed by atoms with Crippen LogP contribution in [0.4, 0.5) is 10.5 Å². The van der Waals surface area contributed by atoms with Gasteiger partial charge in [-0.05, 0) is 43.2 Å². The number of hydrogen-bond donors (Lipinski definition) is 4. The highest BCUT2D eigenvalue weighted by atomic mass is 16.6. The molecule has 12 nitrogen and oxygen atoms in total. The molecule has 1 aliphatic heterocycles. The maximum atomic E-state index is 14.0. The third-order valence-corrected chi connectivity index (χ3v) is 8.17. The normalized spacial score (nSPS) is 15.3. The Balaban J connectivity index is 1.68. The lowest BCUT2D eigenvalue weighted by Crippen LogP contribution is -2.60. The summed E-state index contributed by atoms with van der Waals surface area (Å²) < 4.78 is 10.6. The van der Waals surface area contributed by atoms with Crippen molar-refractivity contribution >= 4 is 40.3 Å². The van der Waals surface area contributed by atoms with Gasteiger partial charge in [0.05, 0.1) is 18.3 Å². The van der Waals surface area contributed by atoms with Crippen LogP contribution in [0.1, 0.15) is 58.9 Å². The molecule has 0 aromatic heterocycles. The lowest BCUT2D eigenvalue weighted by Gasteiger charge is -2.31. The van der Waals surface area contributed by atoms with Crippen LogP contribution in [-0.4, -0.2) is 65.0 Å². The van der Waals surface area contributed by atoms with E-state index >= 15 is 0 Å². The fourth-order valence-electron chi connectivity index (χ4n) is 5.61. The number of nitrogens with zero attached hydrogens (tertiary/aromatic N) is 2. The smallest absolute Gasteiger partial charge is 0.408 e. The number of anilines is 1. The maximum absolute atomic E-state index is 14.0. The number of alkyl carbamates (subject to hydrolysis) is 1. The number of nitrogens with one attached hydrogen (secondary N) is 2. The molecule has 49 heavy (non-hydrogen) atoms. The van der Waals surface area contributed by atoms with E-state index in [0.717, 1.165) is 22.0 Å². The Morgan fingerprint density at radius 2 is 1.65 bits per heavy atom. The van der Waals surface area contributed by atoms with E-state index in [2.05, 4.69) is 10.6 Å². The number of fused-ring (bicyclic) bond motifs is 1. The summed E-state index contributed by atoms with van der Waals surface area (Å²) in [5.74, 6) is -1.87. The second-order valence-corrected chi connectivity index (χ2v) is 12.6. The molecule has 0 saturated heterocycles. The van der Waals surface area contributed by atoms with Crippen molar-refractivity contribution in [1.29, 1.82) is 0 Å². The summed E-state index contributed by atoms with van der Waals surface area (Å²) >= 11 is 0. The number of amides is 3. The summed E-state index contributed by atoms with van der Waals surface area (Å²) in [5, 5.41) is 18.4. The van der Waals surface area contributed by atoms with E-state index in [1.807, 2.05) is 79.4 Å². The van der Waals surface area contributed by atoms with Gasteiger partial charge >= 0.3 is 12.1 Å². The van der Waals surface area contributed by atoms with Crippen LogP contribution >= 0.6 is 0 Å². The molecule has 3 amide bonds. The Labute approximate surface area is 287 Å². The van der Waals surface area contributed by atoms with Crippen LogP contribution in [0.25, 0.3) is 10.8 Å². The first-order chi connectivity index (χ1) is 23.4. The quantitative estimate of drug-likeness (QED) is 0.134. The number of nitrogens with two attached hydrogens (primary N) is 1. The SMILES string of the molecule is CCOC(=O)C(O)(CCCC(C)C)NC(=O)[C@H](CC1=CN(C(=O)[C@H](C)N)CN1c1cccc2ccccc12)NC(=O)OCc1ccccc1. The van der Waals surface area contributed by atoms with Gasteiger partial charge in [-0.3, -0.25) is 14.5 Å². The fourth-order valence-corrected chi connectivity index (χ4v) is 5.61. The summed E-state index contributed by atoms with van der Waals surface area (Å²) in [6, 6.07) is 20.5. The van der Waals surface area contributed by atoms with Crippen molar-refractivity contribution in [2.45, 2.75) is 77.8 Å². The molecular weight excluding hydrogens is 626 g/mol. The number of benzene rings is 3. The number of carbonyl (C=O) groups is 4. The highest BCUT2D eigenvalue weighted by molar-refractivity contribution is 5.96. The van der Waals surface area contributed by atoms with Crippen molar-refractivity contribution in [2.75, 3.05) is 18.2 Å². The van der Waals surface area contributed by atoms with Gasteiger partial charge < -0.3 is 35.8 Å². The van der Waals surface area contributed by atoms with Crippen LogP contribution < -0.4 is 21.3 Å². The molecule has 4 rings (SSSR count). The molecule has 3 atom stereocenters. The van der Waals surface area contributed by atoms with E-state index in [1.54, 1.807) is 32.2 Å². The van der Waals surface area contributed by atoms with E-state index in [1.165, 1.54) is 4.90 Å². The van der Waals surface area contributed by atoms with Crippen molar-refractivity contribution < 1.29 is 33.8 Å². The average Bonchev–Trinajstić information content (AvgIpc) is 3.50. The lowest BCUT2D eigenvalue weighted by molar-refractivity contribution is -0.172. The van der Waals surface area contributed by atoms with Crippen molar-refractivity contribution in [3.63, 3.8) is 0 Å². The number of ether oxygens (including phenoxy) is 2. The molecule has 0 aliphatic carbocycles. The Kier molecular flexibility index (Phi) is 12.8. The van der Waals surface area contributed by atoms with Gasteiger partial charge in [0, 0.05) is 30.1 Å². The van der Waals surface area contributed by atoms with E-state index < -0.39 is 35.8 Å². The van der Waals surface area contributed by atoms with Crippen molar-refractivity contribution in [1.82, 2.24) is 15.5 Å². The largest absolute Gasteiger partial charge is 0.462 e. The number of hydrogen-bond acceptors (Lipinski definition) is 9. The summed E-state index contributed by atoms with van der Waals surface area (Å²) in [7, 11) is 0. The van der Waals surface area contributed by atoms with Crippen LogP contribution in [0.2, 0.25) is 0 Å². The van der Waals surface area contributed by atoms with E-state index in [9.17, 15) is 24.3 Å². The summed E-state index contributed by atoms with van der Waals surface area (Å²) in [6.07, 6.45) is 1.61. The maximum Gasteiger partial charge on any atom is 0.408 e. The highest BCUT2D eigenvalue weighted by Crippen LogP contribution is 2.34. The standard InChI is InChI=1S/C37H47N5O7/c1-5-48-35(45)37(47,20-12-13-25(2)3)40-33(43)31(39-36(46)49-23-27-14-7-6-8-15-27)21-29-22-41(34(44)26(4)38)24-42(29)32-19-11-17-28-16-9-10-18-30(28)32/h6-11,14-19,22,25-26,31,47H,5,12-13,20-21,23-24,38H2,1-4H3,(H,39,46)(H,40,43)/t26-,31-,37?/m0/s1. The van der Waals surface area contributed by atoms with Crippen LogP contribution in [0.15, 0.2) is 84.7 Å². The predicted octanol–water partition coefficient (Wildman–Crippen LogP) is 4.51. The molecule has 1 aliphatic rings. The highest BCUT2D eigenvalue weighted by Gasteiger charge is 2.41. The first-order valence-electron chi connectivity index (χ1n) is 16.6. The molecule has 5 N–H and O–H groups in total. The number of esters is 1. The second kappa shape index (κ2) is 16.9.